The molecule has 1 saturated heterocycles. The van der Waals surface area contributed by atoms with Crippen LogP contribution in [-0.2, 0) is 4.79 Å². The van der Waals surface area contributed by atoms with Crippen LogP contribution in [0.1, 0.15) is 18.5 Å². The van der Waals surface area contributed by atoms with Gasteiger partial charge in [0.15, 0.2) is 6.61 Å². The Morgan fingerprint density at radius 2 is 1.86 bits per heavy atom. The van der Waals surface area contributed by atoms with Crippen molar-refractivity contribution in [2.24, 2.45) is 0 Å². The fourth-order valence-electron chi connectivity index (χ4n) is 3.23. The summed E-state index contributed by atoms with van der Waals surface area (Å²) in [5, 5.41) is 11.0. The van der Waals surface area contributed by atoms with E-state index in [0.29, 0.717) is 31.9 Å². The van der Waals surface area contributed by atoms with Crippen LogP contribution in [0.15, 0.2) is 48.5 Å². The van der Waals surface area contributed by atoms with Crippen molar-refractivity contribution in [1.82, 2.24) is 9.80 Å². The van der Waals surface area contributed by atoms with Crippen LogP contribution >= 0.6 is 0 Å². The molecule has 1 fully saturated rings. The van der Waals surface area contributed by atoms with Gasteiger partial charge in [-0.05, 0) is 36.8 Å². The number of rotatable bonds is 6. The van der Waals surface area contributed by atoms with Gasteiger partial charge in [-0.1, -0.05) is 12.1 Å². The number of nitro benzene ring substituents is 1. The molecule has 0 radical (unpaired) electrons. The van der Waals surface area contributed by atoms with E-state index in [9.17, 15) is 19.3 Å². The van der Waals surface area contributed by atoms with Gasteiger partial charge in [-0.15, -0.1) is 0 Å². The summed E-state index contributed by atoms with van der Waals surface area (Å²) >= 11 is 0. The number of carbonyl (C=O) groups is 1. The Labute approximate surface area is 162 Å². The summed E-state index contributed by atoms with van der Waals surface area (Å²) in [4.78, 5) is 26.8. The number of carbonyl (C=O) groups excluding carboxylic acids is 1. The molecule has 1 heterocycles. The summed E-state index contributed by atoms with van der Waals surface area (Å²) in [5.74, 6) is -0.0210. The summed E-state index contributed by atoms with van der Waals surface area (Å²) in [5.41, 5.74) is 0.963. The minimum Gasteiger partial charge on any atom is -0.484 e. The first-order chi connectivity index (χ1) is 13.4. The van der Waals surface area contributed by atoms with Gasteiger partial charge in [0.2, 0.25) is 0 Å². The zero-order valence-electron chi connectivity index (χ0n) is 15.6. The average Bonchev–Trinajstić information content (AvgIpc) is 2.72. The van der Waals surface area contributed by atoms with Crippen LogP contribution in [0.4, 0.5) is 10.1 Å². The SMILES string of the molecule is CC(c1cccc([N+](=O)[O-])c1)N1CCN(C(=O)COc2ccc(F)cc2)CC1. The minimum atomic E-state index is -0.395. The predicted molar refractivity (Wildman–Crippen MR) is 102 cm³/mol. The van der Waals surface area contributed by atoms with Crippen LogP contribution in [0.3, 0.4) is 0 Å². The lowest BCUT2D eigenvalue weighted by atomic mass is 10.1. The zero-order chi connectivity index (χ0) is 20.1. The lowest BCUT2D eigenvalue weighted by molar-refractivity contribution is -0.385. The van der Waals surface area contributed by atoms with Crippen LogP contribution in [0, 0.1) is 15.9 Å². The maximum absolute atomic E-state index is 12.9. The Morgan fingerprint density at radius 3 is 2.50 bits per heavy atom. The van der Waals surface area contributed by atoms with Crippen LogP contribution in [-0.4, -0.2) is 53.4 Å². The Hall–Kier alpha value is -3.00. The maximum atomic E-state index is 12.9. The van der Waals surface area contributed by atoms with Crippen LogP contribution in [0.25, 0.3) is 0 Å². The second kappa shape index (κ2) is 8.79. The standard InChI is InChI=1S/C20H22FN3O4/c1-15(16-3-2-4-18(13-16)24(26)27)22-9-11-23(12-10-22)20(25)14-28-19-7-5-17(21)6-8-19/h2-8,13,15H,9-12,14H2,1H3. The van der Waals surface area contributed by atoms with Crippen LogP contribution in [0.2, 0.25) is 0 Å². The van der Waals surface area contributed by atoms with Gasteiger partial charge in [0.05, 0.1) is 4.92 Å². The quantitative estimate of drug-likeness (QED) is 0.563. The smallest absolute Gasteiger partial charge is 0.269 e. The van der Waals surface area contributed by atoms with E-state index in [1.807, 2.05) is 13.0 Å². The first-order valence-electron chi connectivity index (χ1n) is 9.08. The van der Waals surface area contributed by atoms with Crippen molar-refractivity contribution in [3.8, 4) is 5.75 Å². The number of non-ortho nitro benzene ring substituents is 1. The normalized spacial score (nSPS) is 15.9. The first-order valence-corrected chi connectivity index (χ1v) is 9.08. The number of benzene rings is 2. The molecule has 2 aromatic carbocycles. The third-order valence-corrected chi connectivity index (χ3v) is 4.95. The molecular formula is C20H22FN3O4. The number of piperazine rings is 1. The van der Waals surface area contributed by atoms with E-state index < -0.39 is 4.92 Å². The number of nitro groups is 1. The average molecular weight is 387 g/mol. The molecule has 1 aliphatic heterocycles. The van der Waals surface area contributed by atoms with E-state index in [1.165, 1.54) is 30.3 Å². The van der Waals surface area contributed by atoms with Gasteiger partial charge in [-0.3, -0.25) is 19.8 Å². The molecule has 0 saturated carbocycles. The van der Waals surface area contributed by atoms with Crippen molar-refractivity contribution < 1.29 is 18.8 Å². The Balaban J connectivity index is 1.50. The Morgan fingerprint density at radius 1 is 1.18 bits per heavy atom. The van der Waals surface area contributed by atoms with Gasteiger partial charge in [0.1, 0.15) is 11.6 Å². The number of ether oxygens (including phenoxy) is 1. The number of nitrogens with zero attached hydrogens (tertiary/aromatic N) is 3. The van der Waals surface area contributed by atoms with Crippen molar-refractivity contribution in [1.29, 1.82) is 0 Å². The van der Waals surface area contributed by atoms with Crippen LogP contribution < -0.4 is 4.74 Å². The first kappa shape index (κ1) is 19.8. The van der Waals surface area contributed by atoms with E-state index in [4.69, 9.17) is 4.74 Å². The molecule has 1 aliphatic rings. The number of amides is 1. The Kier molecular flexibility index (Phi) is 6.20. The summed E-state index contributed by atoms with van der Waals surface area (Å²) < 4.78 is 18.3. The topological polar surface area (TPSA) is 75.9 Å². The van der Waals surface area contributed by atoms with E-state index in [1.54, 1.807) is 17.0 Å². The van der Waals surface area contributed by atoms with Crippen molar-refractivity contribution in [2.75, 3.05) is 32.8 Å². The van der Waals surface area contributed by atoms with E-state index in [-0.39, 0.29) is 30.1 Å². The van der Waals surface area contributed by atoms with Crippen molar-refractivity contribution in [3.63, 3.8) is 0 Å². The van der Waals surface area contributed by atoms with Crippen molar-refractivity contribution >= 4 is 11.6 Å². The van der Waals surface area contributed by atoms with Gasteiger partial charge < -0.3 is 9.64 Å². The van der Waals surface area contributed by atoms with E-state index in [2.05, 4.69) is 4.90 Å². The molecule has 2 aromatic rings. The predicted octanol–water partition coefficient (Wildman–Crippen LogP) is 3.02. The van der Waals surface area contributed by atoms with Crippen molar-refractivity contribution in [3.05, 3.63) is 70.0 Å². The molecule has 0 bridgehead atoms. The molecule has 148 valence electrons. The lowest BCUT2D eigenvalue weighted by Crippen LogP contribution is -2.50. The largest absolute Gasteiger partial charge is 0.484 e. The number of hydrogen-bond acceptors (Lipinski definition) is 5. The second-order valence-corrected chi connectivity index (χ2v) is 6.69. The van der Waals surface area contributed by atoms with Gasteiger partial charge >= 0.3 is 0 Å². The second-order valence-electron chi connectivity index (χ2n) is 6.69. The van der Waals surface area contributed by atoms with Crippen molar-refractivity contribution in [2.45, 2.75) is 13.0 Å². The van der Waals surface area contributed by atoms with E-state index in [0.717, 1.165) is 5.56 Å². The minimum absolute atomic E-state index is 0.0209. The molecule has 7 nitrogen and oxygen atoms in total. The molecule has 1 amide bonds. The molecule has 0 spiro atoms. The van der Waals surface area contributed by atoms with E-state index >= 15 is 0 Å². The Bertz CT molecular complexity index is 836. The van der Waals surface area contributed by atoms with Gasteiger partial charge in [-0.25, -0.2) is 4.39 Å². The summed E-state index contributed by atoms with van der Waals surface area (Å²) in [6.45, 7) is 4.38. The fraction of sp³-hybridized carbons (Fsp3) is 0.350. The van der Waals surface area contributed by atoms with Crippen LogP contribution in [0.5, 0.6) is 5.75 Å². The number of halogens is 1. The molecule has 1 atom stereocenters. The highest BCUT2D eigenvalue weighted by atomic mass is 19.1. The monoisotopic (exact) mass is 387 g/mol. The number of hydrogen-bond donors (Lipinski definition) is 0. The summed E-state index contributed by atoms with van der Waals surface area (Å²) in [7, 11) is 0. The highest BCUT2D eigenvalue weighted by Crippen LogP contribution is 2.25. The lowest BCUT2D eigenvalue weighted by Gasteiger charge is -2.38. The molecule has 1 unspecified atom stereocenters. The fourth-order valence-corrected chi connectivity index (χ4v) is 3.23. The molecule has 8 heteroatoms. The molecule has 0 aliphatic carbocycles. The molecule has 3 rings (SSSR count). The molecule has 0 aromatic heterocycles. The molecule has 28 heavy (non-hydrogen) atoms. The van der Waals surface area contributed by atoms with Gasteiger partial charge in [-0.2, -0.15) is 0 Å². The molecular weight excluding hydrogens is 365 g/mol. The zero-order valence-corrected chi connectivity index (χ0v) is 15.6. The summed E-state index contributed by atoms with van der Waals surface area (Å²) in [6.07, 6.45) is 0. The summed E-state index contributed by atoms with van der Waals surface area (Å²) in [6, 6.07) is 12.2. The maximum Gasteiger partial charge on any atom is 0.269 e. The van der Waals surface area contributed by atoms with Gasteiger partial charge in [0, 0.05) is 44.4 Å². The third-order valence-electron chi connectivity index (χ3n) is 4.95. The van der Waals surface area contributed by atoms with Gasteiger partial charge in [0.25, 0.3) is 11.6 Å². The molecule has 0 N–H and O–H groups in total. The highest BCUT2D eigenvalue weighted by molar-refractivity contribution is 5.77. The third kappa shape index (κ3) is 4.83. The highest BCUT2D eigenvalue weighted by Gasteiger charge is 2.25.